The van der Waals surface area contributed by atoms with Crippen molar-refractivity contribution in [1.29, 1.82) is 0 Å². The Morgan fingerprint density at radius 3 is 2.39 bits per heavy atom. The number of rotatable bonds is 8. The van der Waals surface area contributed by atoms with E-state index in [1.165, 1.54) is 6.42 Å². The van der Waals surface area contributed by atoms with Crippen molar-refractivity contribution in [3.63, 3.8) is 0 Å². The second-order valence-electron chi connectivity index (χ2n) is 4.15. The molecule has 0 atom stereocenters. The van der Waals surface area contributed by atoms with Gasteiger partial charge in [0.25, 0.3) is 0 Å². The summed E-state index contributed by atoms with van der Waals surface area (Å²) < 4.78 is 1.12. The smallest absolute Gasteiger partial charge is 0.145 e. The monoisotopic (exact) mass is 362 g/mol. The molecule has 1 aromatic rings. The fourth-order valence-corrected chi connectivity index (χ4v) is 2.62. The molecule has 0 aliphatic heterocycles. The Bertz CT molecular complexity index is 342. The van der Waals surface area contributed by atoms with Crippen LogP contribution in [0.2, 0.25) is 0 Å². The van der Waals surface area contributed by atoms with Gasteiger partial charge in [-0.25, -0.2) is 9.97 Å². The van der Waals surface area contributed by atoms with Crippen LogP contribution in [0.5, 0.6) is 0 Å². The molecule has 0 saturated heterocycles. The fraction of sp³-hybridized carbons (Fsp3) is 0.692. The van der Waals surface area contributed by atoms with Crippen molar-refractivity contribution >= 4 is 28.4 Å². The van der Waals surface area contributed by atoms with E-state index in [1.54, 1.807) is 6.33 Å². The maximum atomic E-state index is 4.38. The normalized spacial score (nSPS) is 10.9. The number of aromatic nitrogens is 2. The van der Waals surface area contributed by atoms with E-state index in [-0.39, 0.29) is 0 Å². The van der Waals surface area contributed by atoms with E-state index in [1.807, 2.05) is 6.20 Å². The molecule has 1 heterocycles. The molecule has 4 nitrogen and oxygen atoms in total. The first-order chi connectivity index (χ1) is 8.72. The second-order valence-corrected chi connectivity index (χ2v) is 5.32. The van der Waals surface area contributed by atoms with Crippen LogP contribution >= 0.6 is 22.6 Å². The van der Waals surface area contributed by atoms with Crippen molar-refractivity contribution in [3.8, 4) is 0 Å². The molecule has 0 spiro atoms. The van der Waals surface area contributed by atoms with Gasteiger partial charge in [-0.05, 0) is 55.6 Å². The third-order valence-electron chi connectivity index (χ3n) is 3.13. The largest absolute Gasteiger partial charge is 0.356 e. The summed E-state index contributed by atoms with van der Waals surface area (Å²) in [5.74, 6) is 1.06. The lowest BCUT2D eigenvalue weighted by Crippen LogP contribution is -2.30. The van der Waals surface area contributed by atoms with Crippen LogP contribution < -0.4 is 4.90 Å². The van der Waals surface area contributed by atoms with Gasteiger partial charge in [0.1, 0.15) is 12.1 Å². The molecule has 0 aliphatic carbocycles. The SMILES string of the molecule is CCN(CC)CCCN(CC)c1ncncc1I. The predicted molar refractivity (Wildman–Crippen MR) is 85.0 cm³/mol. The zero-order valence-electron chi connectivity index (χ0n) is 11.6. The van der Waals surface area contributed by atoms with Crippen molar-refractivity contribution in [2.24, 2.45) is 0 Å². The Kier molecular flexibility index (Phi) is 7.50. The predicted octanol–water partition coefficient (Wildman–Crippen LogP) is 2.64. The van der Waals surface area contributed by atoms with Crippen LogP contribution in [0.25, 0.3) is 0 Å². The number of halogens is 1. The first-order valence-electron chi connectivity index (χ1n) is 6.65. The summed E-state index contributed by atoms with van der Waals surface area (Å²) in [5, 5.41) is 0. The van der Waals surface area contributed by atoms with Crippen LogP contribution in [0.3, 0.4) is 0 Å². The van der Waals surface area contributed by atoms with Crippen molar-refractivity contribution in [2.75, 3.05) is 37.6 Å². The third kappa shape index (κ3) is 4.68. The van der Waals surface area contributed by atoms with Gasteiger partial charge in [-0.15, -0.1) is 0 Å². The van der Waals surface area contributed by atoms with Crippen LogP contribution in [0, 0.1) is 3.57 Å². The number of anilines is 1. The van der Waals surface area contributed by atoms with Gasteiger partial charge in [0, 0.05) is 19.3 Å². The highest BCUT2D eigenvalue weighted by molar-refractivity contribution is 14.1. The molecule has 0 aromatic carbocycles. The lowest BCUT2D eigenvalue weighted by molar-refractivity contribution is 0.300. The summed E-state index contributed by atoms with van der Waals surface area (Å²) >= 11 is 2.30. The second kappa shape index (κ2) is 8.63. The minimum atomic E-state index is 0.991. The average Bonchev–Trinajstić information content (AvgIpc) is 2.40. The summed E-state index contributed by atoms with van der Waals surface area (Å²) in [4.78, 5) is 13.2. The quantitative estimate of drug-likeness (QED) is 0.666. The molecule has 0 unspecified atom stereocenters. The molecule has 0 radical (unpaired) electrons. The lowest BCUT2D eigenvalue weighted by Gasteiger charge is -2.24. The topological polar surface area (TPSA) is 32.3 Å². The van der Waals surface area contributed by atoms with Gasteiger partial charge in [-0.1, -0.05) is 13.8 Å². The highest BCUT2D eigenvalue weighted by atomic mass is 127. The Morgan fingerprint density at radius 2 is 1.83 bits per heavy atom. The Morgan fingerprint density at radius 1 is 1.11 bits per heavy atom. The molecule has 0 saturated carbocycles. The first kappa shape index (κ1) is 15.6. The van der Waals surface area contributed by atoms with Gasteiger partial charge in [-0.3, -0.25) is 0 Å². The molecule has 5 heteroatoms. The van der Waals surface area contributed by atoms with Crippen molar-refractivity contribution in [3.05, 3.63) is 16.1 Å². The number of hydrogen-bond donors (Lipinski definition) is 0. The van der Waals surface area contributed by atoms with E-state index < -0.39 is 0 Å². The van der Waals surface area contributed by atoms with Gasteiger partial charge >= 0.3 is 0 Å². The fourth-order valence-electron chi connectivity index (χ4n) is 1.98. The van der Waals surface area contributed by atoms with Gasteiger partial charge in [-0.2, -0.15) is 0 Å². The maximum absolute atomic E-state index is 4.38. The summed E-state index contributed by atoms with van der Waals surface area (Å²) in [6.07, 6.45) is 4.68. The van der Waals surface area contributed by atoms with E-state index >= 15 is 0 Å². The minimum Gasteiger partial charge on any atom is -0.356 e. The Labute approximate surface area is 124 Å². The van der Waals surface area contributed by atoms with E-state index in [2.05, 4.69) is 63.1 Å². The van der Waals surface area contributed by atoms with E-state index in [9.17, 15) is 0 Å². The summed E-state index contributed by atoms with van der Waals surface area (Å²) in [6.45, 7) is 12.1. The van der Waals surface area contributed by atoms with Gasteiger partial charge in [0.05, 0.1) is 3.57 Å². The summed E-state index contributed by atoms with van der Waals surface area (Å²) in [7, 11) is 0. The molecule has 102 valence electrons. The van der Waals surface area contributed by atoms with Crippen LogP contribution in [0.1, 0.15) is 27.2 Å². The molecular formula is C13H23IN4. The standard InChI is InChI=1S/C13H23IN4/c1-4-17(5-2)8-7-9-18(6-3)13-12(14)10-15-11-16-13/h10-11H,4-9H2,1-3H3. The van der Waals surface area contributed by atoms with Gasteiger partial charge < -0.3 is 9.80 Å². The molecule has 0 N–H and O–H groups in total. The average molecular weight is 362 g/mol. The van der Waals surface area contributed by atoms with Crippen LogP contribution in [-0.4, -0.2) is 47.6 Å². The Balaban J connectivity index is 2.50. The van der Waals surface area contributed by atoms with Gasteiger partial charge in [0.2, 0.25) is 0 Å². The first-order valence-corrected chi connectivity index (χ1v) is 7.73. The molecule has 1 rings (SSSR count). The summed E-state index contributed by atoms with van der Waals surface area (Å²) in [5.41, 5.74) is 0. The maximum Gasteiger partial charge on any atom is 0.145 e. The summed E-state index contributed by atoms with van der Waals surface area (Å²) in [6, 6.07) is 0. The molecule has 0 bridgehead atoms. The highest BCUT2D eigenvalue weighted by Crippen LogP contribution is 2.17. The van der Waals surface area contributed by atoms with Gasteiger partial charge in [0.15, 0.2) is 0 Å². The number of nitrogens with zero attached hydrogens (tertiary/aromatic N) is 4. The van der Waals surface area contributed by atoms with Crippen molar-refractivity contribution < 1.29 is 0 Å². The van der Waals surface area contributed by atoms with Crippen LogP contribution in [0.15, 0.2) is 12.5 Å². The lowest BCUT2D eigenvalue weighted by atomic mass is 10.3. The van der Waals surface area contributed by atoms with E-state index in [4.69, 9.17) is 0 Å². The van der Waals surface area contributed by atoms with Crippen LogP contribution in [-0.2, 0) is 0 Å². The van der Waals surface area contributed by atoms with Crippen LogP contribution in [0.4, 0.5) is 5.82 Å². The third-order valence-corrected chi connectivity index (χ3v) is 3.89. The Hall–Kier alpha value is -0.430. The van der Waals surface area contributed by atoms with Crippen molar-refractivity contribution in [2.45, 2.75) is 27.2 Å². The molecular weight excluding hydrogens is 339 g/mol. The van der Waals surface area contributed by atoms with E-state index in [0.29, 0.717) is 0 Å². The zero-order valence-corrected chi connectivity index (χ0v) is 13.7. The zero-order chi connectivity index (χ0) is 13.4. The number of hydrogen-bond acceptors (Lipinski definition) is 4. The molecule has 1 aromatic heterocycles. The highest BCUT2D eigenvalue weighted by Gasteiger charge is 2.09. The molecule has 0 fully saturated rings. The molecule has 0 amide bonds. The molecule has 0 aliphatic rings. The van der Waals surface area contributed by atoms with Crippen molar-refractivity contribution in [1.82, 2.24) is 14.9 Å². The molecule has 18 heavy (non-hydrogen) atoms. The minimum absolute atomic E-state index is 0.991. The van der Waals surface area contributed by atoms with E-state index in [0.717, 1.165) is 42.1 Å².